The maximum atomic E-state index is 12.4. The van der Waals surface area contributed by atoms with Crippen molar-refractivity contribution in [3.05, 3.63) is 65.4 Å². The Morgan fingerprint density at radius 2 is 1.75 bits per heavy atom. The molecular formula is C21H19ClN2O4. The number of hydrogen-bond donors (Lipinski definition) is 0. The molecule has 3 aromatic rings. The molecule has 144 valence electrons. The van der Waals surface area contributed by atoms with E-state index in [4.69, 9.17) is 20.8 Å². The first-order chi connectivity index (χ1) is 13.6. The van der Waals surface area contributed by atoms with E-state index in [1.54, 1.807) is 29.2 Å². The van der Waals surface area contributed by atoms with Crippen molar-refractivity contribution < 1.29 is 18.7 Å². The molecule has 2 aromatic carbocycles. The van der Waals surface area contributed by atoms with Crippen molar-refractivity contribution >= 4 is 40.1 Å². The second-order valence-electron chi connectivity index (χ2n) is 6.57. The lowest BCUT2D eigenvalue weighted by atomic mass is 10.2. The minimum absolute atomic E-state index is 0.0546. The number of ether oxygens (including phenoxy) is 1. The second-order valence-corrected chi connectivity index (χ2v) is 7.01. The van der Waals surface area contributed by atoms with E-state index in [0.29, 0.717) is 29.1 Å². The van der Waals surface area contributed by atoms with Gasteiger partial charge in [0.2, 0.25) is 5.76 Å². The summed E-state index contributed by atoms with van der Waals surface area (Å²) in [5.41, 5.74) is 1.69. The fourth-order valence-corrected chi connectivity index (χ4v) is 3.44. The van der Waals surface area contributed by atoms with Gasteiger partial charge >= 0.3 is 5.97 Å². The van der Waals surface area contributed by atoms with Crippen LogP contribution in [0.4, 0.5) is 5.69 Å². The summed E-state index contributed by atoms with van der Waals surface area (Å²) < 4.78 is 10.6. The van der Waals surface area contributed by atoms with Gasteiger partial charge in [-0.3, -0.25) is 4.79 Å². The molecule has 0 radical (unpaired) electrons. The number of esters is 1. The third kappa shape index (κ3) is 3.97. The molecule has 7 heteroatoms. The molecule has 0 spiro atoms. The number of amides is 1. The highest BCUT2D eigenvalue weighted by Crippen LogP contribution is 2.23. The van der Waals surface area contributed by atoms with Crippen LogP contribution in [0.5, 0.6) is 0 Å². The van der Waals surface area contributed by atoms with Crippen LogP contribution < -0.4 is 4.90 Å². The summed E-state index contributed by atoms with van der Waals surface area (Å²) in [5.74, 6) is -0.817. The zero-order valence-electron chi connectivity index (χ0n) is 15.1. The zero-order chi connectivity index (χ0) is 19.5. The van der Waals surface area contributed by atoms with Gasteiger partial charge < -0.3 is 19.0 Å². The van der Waals surface area contributed by atoms with Crippen molar-refractivity contribution in [1.29, 1.82) is 0 Å². The number of furan rings is 1. The van der Waals surface area contributed by atoms with Gasteiger partial charge in [0.1, 0.15) is 5.58 Å². The van der Waals surface area contributed by atoms with Crippen LogP contribution in [-0.2, 0) is 9.53 Å². The number of rotatable bonds is 4. The molecule has 0 N–H and O–H groups in total. The predicted molar refractivity (Wildman–Crippen MR) is 107 cm³/mol. The number of fused-ring (bicyclic) bond motifs is 1. The van der Waals surface area contributed by atoms with Gasteiger partial charge in [-0.2, -0.15) is 0 Å². The molecule has 0 saturated carbocycles. The van der Waals surface area contributed by atoms with Gasteiger partial charge in [0, 0.05) is 42.3 Å². The molecule has 0 bridgehead atoms. The van der Waals surface area contributed by atoms with Crippen molar-refractivity contribution in [3.63, 3.8) is 0 Å². The van der Waals surface area contributed by atoms with Crippen LogP contribution in [-0.4, -0.2) is 49.6 Å². The Labute approximate surface area is 167 Å². The summed E-state index contributed by atoms with van der Waals surface area (Å²) in [5, 5.41) is 1.26. The number of carbonyl (C=O) groups is 2. The maximum absolute atomic E-state index is 12.4. The molecule has 6 nitrogen and oxygen atoms in total. The van der Waals surface area contributed by atoms with E-state index in [1.165, 1.54) is 0 Å². The number of hydrogen-bond acceptors (Lipinski definition) is 5. The molecule has 0 unspecified atom stereocenters. The van der Waals surface area contributed by atoms with E-state index in [9.17, 15) is 9.59 Å². The van der Waals surface area contributed by atoms with Crippen LogP contribution in [0.1, 0.15) is 10.6 Å². The fourth-order valence-electron chi connectivity index (χ4n) is 3.26. The van der Waals surface area contributed by atoms with E-state index in [1.807, 2.05) is 18.2 Å². The first-order valence-corrected chi connectivity index (χ1v) is 9.42. The standard InChI is InChI=1S/C21H19ClN2O4/c22-16-6-7-18-15(12-16)13-19(28-18)21(26)27-14-20(25)24-10-8-23(9-11-24)17-4-2-1-3-5-17/h1-7,12-13H,8-11,14H2. The van der Waals surface area contributed by atoms with E-state index >= 15 is 0 Å². The van der Waals surface area contributed by atoms with E-state index in [2.05, 4.69) is 17.0 Å². The fraction of sp³-hybridized carbons (Fsp3) is 0.238. The van der Waals surface area contributed by atoms with Gasteiger partial charge in [-0.15, -0.1) is 0 Å². The van der Waals surface area contributed by atoms with Crippen molar-refractivity contribution in [1.82, 2.24) is 4.90 Å². The molecule has 1 aliphatic heterocycles. The Kier molecular flexibility index (Phi) is 5.21. The largest absolute Gasteiger partial charge is 0.450 e. The van der Waals surface area contributed by atoms with E-state index in [0.717, 1.165) is 18.8 Å². The molecule has 28 heavy (non-hydrogen) atoms. The Bertz CT molecular complexity index is 994. The predicted octanol–water partition coefficient (Wildman–Crippen LogP) is 3.59. The normalized spacial score (nSPS) is 14.3. The topological polar surface area (TPSA) is 63.0 Å². The number of benzene rings is 2. The van der Waals surface area contributed by atoms with Crippen LogP contribution in [0.2, 0.25) is 5.02 Å². The third-order valence-corrected chi connectivity index (χ3v) is 5.00. The maximum Gasteiger partial charge on any atom is 0.374 e. The molecule has 4 rings (SSSR count). The van der Waals surface area contributed by atoms with Gasteiger partial charge in [-0.05, 0) is 36.4 Å². The summed E-state index contributed by atoms with van der Waals surface area (Å²) in [4.78, 5) is 28.5. The minimum atomic E-state index is -0.663. The summed E-state index contributed by atoms with van der Waals surface area (Å²) >= 11 is 5.93. The first-order valence-electron chi connectivity index (χ1n) is 9.04. The molecule has 1 aliphatic rings. The van der Waals surface area contributed by atoms with E-state index < -0.39 is 5.97 Å². The van der Waals surface area contributed by atoms with Gasteiger partial charge in [0.05, 0.1) is 0 Å². The molecule has 2 heterocycles. The van der Waals surface area contributed by atoms with Crippen molar-refractivity contribution in [2.75, 3.05) is 37.7 Å². The zero-order valence-corrected chi connectivity index (χ0v) is 15.9. The summed E-state index contributed by atoms with van der Waals surface area (Å²) in [6.07, 6.45) is 0. The molecule has 1 fully saturated rings. The third-order valence-electron chi connectivity index (χ3n) is 4.76. The van der Waals surface area contributed by atoms with Crippen molar-refractivity contribution in [2.45, 2.75) is 0 Å². The highest BCUT2D eigenvalue weighted by molar-refractivity contribution is 6.31. The molecule has 1 aromatic heterocycles. The molecular weight excluding hydrogens is 380 g/mol. The number of anilines is 1. The van der Waals surface area contributed by atoms with Gasteiger partial charge in [0.25, 0.3) is 5.91 Å². The average Bonchev–Trinajstić information content (AvgIpc) is 3.16. The Morgan fingerprint density at radius 1 is 1.00 bits per heavy atom. The molecule has 0 atom stereocenters. The average molecular weight is 399 g/mol. The quantitative estimate of drug-likeness (QED) is 0.628. The monoisotopic (exact) mass is 398 g/mol. The van der Waals surface area contributed by atoms with Crippen molar-refractivity contribution in [2.24, 2.45) is 0 Å². The highest BCUT2D eigenvalue weighted by Gasteiger charge is 2.23. The second kappa shape index (κ2) is 7.94. The van der Waals surface area contributed by atoms with Crippen LogP contribution in [0.25, 0.3) is 11.0 Å². The number of carbonyl (C=O) groups excluding carboxylic acids is 2. The molecule has 1 saturated heterocycles. The van der Waals surface area contributed by atoms with Gasteiger partial charge in [0.15, 0.2) is 6.61 Å². The van der Waals surface area contributed by atoms with Gasteiger partial charge in [-0.25, -0.2) is 4.79 Å². The van der Waals surface area contributed by atoms with E-state index in [-0.39, 0.29) is 18.3 Å². The van der Waals surface area contributed by atoms with Gasteiger partial charge in [-0.1, -0.05) is 29.8 Å². The number of piperazine rings is 1. The Balaban J connectivity index is 1.30. The highest BCUT2D eigenvalue weighted by atomic mass is 35.5. The lowest BCUT2D eigenvalue weighted by Crippen LogP contribution is -2.49. The SMILES string of the molecule is O=C(OCC(=O)N1CCN(c2ccccc2)CC1)c1cc2cc(Cl)ccc2o1. The number of halogens is 1. The Morgan fingerprint density at radius 3 is 2.50 bits per heavy atom. The molecule has 1 amide bonds. The number of nitrogens with zero attached hydrogens (tertiary/aromatic N) is 2. The van der Waals surface area contributed by atoms with Crippen LogP contribution >= 0.6 is 11.6 Å². The summed E-state index contributed by atoms with van der Waals surface area (Å²) in [6, 6.07) is 16.7. The molecule has 0 aliphatic carbocycles. The van der Waals surface area contributed by atoms with Crippen LogP contribution in [0.15, 0.2) is 59.0 Å². The summed E-state index contributed by atoms with van der Waals surface area (Å²) in [6.45, 7) is 2.37. The van der Waals surface area contributed by atoms with Crippen LogP contribution in [0.3, 0.4) is 0 Å². The summed E-state index contributed by atoms with van der Waals surface area (Å²) in [7, 11) is 0. The minimum Gasteiger partial charge on any atom is -0.450 e. The first kappa shape index (κ1) is 18.4. The Hall–Kier alpha value is -2.99. The lowest BCUT2D eigenvalue weighted by molar-refractivity contribution is -0.134. The smallest absolute Gasteiger partial charge is 0.374 e. The van der Waals surface area contributed by atoms with Crippen LogP contribution in [0, 0.1) is 0 Å². The lowest BCUT2D eigenvalue weighted by Gasteiger charge is -2.36. The number of para-hydroxylation sites is 1. The van der Waals surface area contributed by atoms with Crippen molar-refractivity contribution in [3.8, 4) is 0 Å².